The fourth-order valence-corrected chi connectivity index (χ4v) is 5.69. The van der Waals surface area contributed by atoms with Gasteiger partial charge in [0.2, 0.25) is 11.8 Å². The third-order valence-electron chi connectivity index (χ3n) is 7.24. The van der Waals surface area contributed by atoms with Gasteiger partial charge in [-0.15, -0.1) is 0 Å². The zero-order valence-electron chi connectivity index (χ0n) is 21.5. The predicted molar refractivity (Wildman–Crippen MR) is 145 cm³/mol. The van der Waals surface area contributed by atoms with E-state index in [2.05, 4.69) is 21.4 Å². The summed E-state index contributed by atoms with van der Waals surface area (Å²) in [4.78, 5) is 33.4. The van der Waals surface area contributed by atoms with E-state index in [9.17, 15) is 14.7 Å². The number of aliphatic hydroxyl groups is 1. The summed E-state index contributed by atoms with van der Waals surface area (Å²) in [5.41, 5.74) is 3.16. The van der Waals surface area contributed by atoms with E-state index in [1.165, 1.54) is 6.92 Å². The van der Waals surface area contributed by atoms with Crippen LogP contribution in [0.3, 0.4) is 0 Å². The highest BCUT2D eigenvalue weighted by Gasteiger charge is 2.42. The van der Waals surface area contributed by atoms with Crippen LogP contribution in [0.15, 0.2) is 55.0 Å². The standard InChI is InChI=1S/C29H35ClN4O3/c1-20-7-3-8-22(15-20)28-25(10-4-11-26(28)30)29(37,12-6-13-32-21(2)35)23-9-5-14-34(18-23)27(36)16-24-17-31-19-33-24/h3-4,7-8,10-11,15,17,19,23,37H,5-6,9,12-14,16,18H2,1-2H3,(H,31,33)(H,32,35). The van der Waals surface area contributed by atoms with Crippen molar-refractivity contribution >= 4 is 23.4 Å². The third kappa shape index (κ3) is 6.40. The lowest BCUT2D eigenvalue weighted by Crippen LogP contribution is -2.49. The first kappa shape index (κ1) is 26.9. The Balaban J connectivity index is 1.68. The Morgan fingerprint density at radius 3 is 2.81 bits per heavy atom. The highest BCUT2D eigenvalue weighted by molar-refractivity contribution is 6.33. The van der Waals surface area contributed by atoms with E-state index >= 15 is 0 Å². The van der Waals surface area contributed by atoms with Gasteiger partial charge in [-0.3, -0.25) is 9.59 Å². The third-order valence-corrected chi connectivity index (χ3v) is 7.56. The molecule has 8 heteroatoms. The first-order valence-electron chi connectivity index (χ1n) is 12.9. The average Bonchev–Trinajstić information content (AvgIpc) is 3.39. The lowest BCUT2D eigenvalue weighted by atomic mass is 9.72. The van der Waals surface area contributed by atoms with Gasteiger partial charge >= 0.3 is 0 Å². The highest BCUT2D eigenvalue weighted by Crippen LogP contribution is 2.45. The van der Waals surface area contributed by atoms with Gasteiger partial charge in [0.25, 0.3) is 0 Å². The normalized spacial score (nSPS) is 17.3. The summed E-state index contributed by atoms with van der Waals surface area (Å²) >= 11 is 6.78. The number of amides is 2. The number of halogens is 1. The largest absolute Gasteiger partial charge is 0.385 e. The first-order valence-corrected chi connectivity index (χ1v) is 13.2. The number of H-pyrrole nitrogens is 1. The molecule has 3 aromatic rings. The minimum Gasteiger partial charge on any atom is -0.385 e. The van der Waals surface area contributed by atoms with Crippen LogP contribution < -0.4 is 5.32 Å². The fourth-order valence-electron chi connectivity index (χ4n) is 5.41. The molecule has 1 saturated heterocycles. The molecule has 1 aliphatic heterocycles. The maximum absolute atomic E-state index is 13.1. The second-order valence-corrected chi connectivity index (χ2v) is 10.4. The summed E-state index contributed by atoms with van der Waals surface area (Å²) in [5.74, 6) is -0.272. The van der Waals surface area contributed by atoms with Crippen molar-refractivity contribution in [3.63, 3.8) is 0 Å². The molecule has 4 rings (SSSR count). The van der Waals surface area contributed by atoms with Crippen LogP contribution in [0, 0.1) is 12.8 Å². The summed E-state index contributed by atoms with van der Waals surface area (Å²) < 4.78 is 0. The molecule has 0 saturated carbocycles. The lowest BCUT2D eigenvalue weighted by Gasteiger charge is -2.44. The summed E-state index contributed by atoms with van der Waals surface area (Å²) in [5, 5.41) is 16.0. The van der Waals surface area contributed by atoms with Crippen LogP contribution in [0.2, 0.25) is 5.02 Å². The van der Waals surface area contributed by atoms with Crippen LogP contribution in [0.1, 0.15) is 49.4 Å². The molecule has 37 heavy (non-hydrogen) atoms. The van der Waals surface area contributed by atoms with Crippen molar-refractivity contribution < 1.29 is 14.7 Å². The monoisotopic (exact) mass is 522 g/mol. The Kier molecular flexibility index (Phi) is 8.67. The van der Waals surface area contributed by atoms with Gasteiger partial charge in [-0.05, 0) is 49.8 Å². The number of benzene rings is 2. The van der Waals surface area contributed by atoms with Gasteiger partial charge in [0.15, 0.2) is 0 Å². The fraction of sp³-hybridized carbons (Fsp3) is 0.414. The van der Waals surface area contributed by atoms with E-state index in [0.717, 1.165) is 40.8 Å². The number of aromatic amines is 1. The second kappa shape index (κ2) is 11.9. The number of rotatable bonds is 9. The Morgan fingerprint density at radius 2 is 2.08 bits per heavy atom. The minimum absolute atomic E-state index is 0.0135. The van der Waals surface area contributed by atoms with E-state index in [0.29, 0.717) is 37.5 Å². The van der Waals surface area contributed by atoms with Crippen LogP contribution in [0.5, 0.6) is 0 Å². The molecule has 0 aliphatic carbocycles. The minimum atomic E-state index is -1.24. The molecule has 1 fully saturated rings. The number of hydrogen-bond acceptors (Lipinski definition) is 4. The van der Waals surface area contributed by atoms with Crippen LogP contribution in [0.25, 0.3) is 11.1 Å². The van der Waals surface area contributed by atoms with Crippen molar-refractivity contribution in [2.75, 3.05) is 19.6 Å². The predicted octanol–water partition coefficient (Wildman–Crippen LogP) is 4.62. The van der Waals surface area contributed by atoms with Crippen molar-refractivity contribution in [2.45, 2.75) is 51.6 Å². The number of hydrogen-bond donors (Lipinski definition) is 3. The van der Waals surface area contributed by atoms with Crippen LogP contribution in [0.4, 0.5) is 0 Å². The molecule has 2 aromatic carbocycles. The lowest BCUT2D eigenvalue weighted by molar-refractivity contribution is -0.136. The smallest absolute Gasteiger partial charge is 0.228 e. The van der Waals surface area contributed by atoms with E-state index in [1.54, 1.807) is 12.5 Å². The van der Waals surface area contributed by atoms with Crippen molar-refractivity contribution in [2.24, 2.45) is 5.92 Å². The Hall–Kier alpha value is -3.16. The number of aryl methyl sites for hydroxylation is 1. The van der Waals surface area contributed by atoms with E-state index in [1.807, 2.05) is 48.2 Å². The molecule has 2 unspecified atom stereocenters. The van der Waals surface area contributed by atoms with Crippen molar-refractivity contribution in [1.82, 2.24) is 20.2 Å². The molecule has 0 spiro atoms. The molecule has 0 bridgehead atoms. The average molecular weight is 523 g/mol. The zero-order valence-corrected chi connectivity index (χ0v) is 22.2. The van der Waals surface area contributed by atoms with Gasteiger partial charge in [-0.1, -0.05) is 53.6 Å². The number of likely N-dealkylation sites (tertiary alicyclic amines) is 1. The van der Waals surface area contributed by atoms with E-state index < -0.39 is 5.60 Å². The van der Waals surface area contributed by atoms with Gasteiger partial charge in [-0.2, -0.15) is 0 Å². The first-order chi connectivity index (χ1) is 17.8. The molecule has 3 N–H and O–H groups in total. The second-order valence-electron chi connectivity index (χ2n) is 9.98. The molecule has 1 aliphatic rings. The van der Waals surface area contributed by atoms with Gasteiger partial charge in [0.05, 0.1) is 18.3 Å². The summed E-state index contributed by atoms with van der Waals surface area (Å²) in [6.45, 7) is 5.09. The topological polar surface area (TPSA) is 98.3 Å². The molecule has 2 amide bonds. The van der Waals surface area contributed by atoms with Gasteiger partial charge in [0.1, 0.15) is 0 Å². The quantitative estimate of drug-likeness (QED) is 0.357. The molecule has 2 heterocycles. The summed E-state index contributed by atoms with van der Waals surface area (Å²) in [7, 11) is 0. The molecule has 0 radical (unpaired) electrons. The zero-order chi connectivity index (χ0) is 26.4. The number of nitrogens with one attached hydrogen (secondary N) is 2. The SMILES string of the molecule is CC(=O)NCCCC(O)(c1cccc(Cl)c1-c1cccc(C)c1)C1CCCN(C(=O)Cc2cnc[nH]2)C1. The van der Waals surface area contributed by atoms with Gasteiger partial charge in [0, 0.05) is 55.0 Å². The molecule has 2 atom stereocenters. The number of aromatic nitrogens is 2. The van der Waals surface area contributed by atoms with Gasteiger partial charge in [-0.25, -0.2) is 4.98 Å². The molecule has 196 valence electrons. The van der Waals surface area contributed by atoms with Crippen LogP contribution in [-0.4, -0.2) is 51.4 Å². The highest BCUT2D eigenvalue weighted by atomic mass is 35.5. The van der Waals surface area contributed by atoms with Crippen molar-refractivity contribution in [3.05, 3.63) is 76.8 Å². The maximum atomic E-state index is 13.1. The van der Waals surface area contributed by atoms with E-state index in [-0.39, 0.29) is 24.2 Å². The molecule has 1 aromatic heterocycles. The number of piperidine rings is 1. The number of imidazole rings is 1. The van der Waals surface area contributed by atoms with Gasteiger partial charge < -0.3 is 20.3 Å². The number of nitrogens with zero attached hydrogens (tertiary/aromatic N) is 2. The molecular weight excluding hydrogens is 488 g/mol. The van der Waals surface area contributed by atoms with E-state index in [4.69, 9.17) is 11.6 Å². The maximum Gasteiger partial charge on any atom is 0.228 e. The summed E-state index contributed by atoms with van der Waals surface area (Å²) in [6, 6.07) is 13.8. The van der Waals surface area contributed by atoms with Crippen LogP contribution >= 0.6 is 11.6 Å². The summed E-state index contributed by atoms with van der Waals surface area (Å²) in [6.07, 6.45) is 6.09. The molecule has 7 nitrogen and oxygen atoms in total. The molecular formula is C29H35ClN4O3. The van der Waals surface area contributed by atoms with Crippen LogP contribution in [-0.2, 0) is 21.6 Å². The number of carbonyl (C=O) groups is 2. The Bertz CT molecular complexity index is 1230. The van der Waals surface area contributed by atoms with Crippen molar-refractivity contribution in [3.8, 4) is 11.1 Å². The van der Waals surface area contributed by atoms with Crippen molar-refractivity contribution in [1.29, 1.82) is 0 Å². The Morgan fingerprint density at radius 1 is 1.27 bits per heavy atom. The Labute approximate surface area is 223 Å². The number of carbonyl (C=O) groups excluding carboxylic acids is 2.